The number of rotatable bonds is 6. The van der Waals surface area contributed by atoms with Gasteiger partial charge in [0, 0.05) is 21.5 Å². The molecule has 0 amide bonds. The molecule has 0 bridgehead atoms. The molecule has 4 heteroatoms. The molecule has 0 saturated carbocycles. The first-order valence-electron chi connectivity index (χ1n) is 10.7. The number of hydrogen-bond donors (Lipinski definition) is 0. The second-order valence-corrected chi connectivity index (χ2v) is 9.08. The smallest absolute Gasteiger partial charge is 0.150 e. The van der Waals surface area contributed by atoms with Gasteiger partial charge in [-0.3, -0.25) is 9.48 Å². The number of aromatic nitrogens is 2. The van der Waals surface area contributed by atoms with E-state index in [4.69, 9.17) is 16.7 Å². The van der Waals surface area contributed by atoms with E-state index in [1.54, 1.807) is 0 Å². The summed E-state index contributed by atoms with van der Waals surface area (Å²) in [6, 6.07) is 18.4. The fraction of sp³-hybridized carbons (Fsp3) is 0.259. The van der Waals surface area contributed by atoms with Crippen LogP contribution in [-0.2, 0) is 0 Å². The summed E-state index contributed by atoms with van der Waals surface area (Å²) in [5.41, 5.74) is 7.46. The predicted molar refractivity (Wildman–Crippen MR) is 129 cm³/mol. The van der Waals surface area contributed by atoms with Gasteiger partial charge in [0.05, 0.1) is 17.8 Å². The molecule has 1 heterocycles. The van der Waals surface area contributed by atoms with E-state index >= 15 is 0 Å². The van der Waals surface area contributed by atoms with Gasteiger partial charge >= 0.3 is 0 Å². The molecule has 31 heavy (non-hydrogen) atoms. The van der Waals surface area contributed by atoms with Crippen molar-refractivity contribution in [3.63, 3.8) is 0 Å². The van der Waals surface area contributed by atoms with E-state index in [9.17, 15) is 4.79 Å². The molecule has 0 N–H and O–H groups in total. The summed E-state index contributed by atoms with van der Waals surface area (Å²) in [5, 5.41) is 6.71. The van der Waals surface area contributed by atoms with Crippen LogP contribution < -0.4 is 0 Å². The minimum atomic E-state index is 0.103. The maximum absolute atomic E-state index is 11.1. The SMILES string of the molecule is Cc1ccc(-c2ccc3c(cnn3C(CC(C)C)c3ccc(C=O)cc3)c2C)c(Cl)c1. The second-order valence-electron chi connectivity index (χ2n) is 8.67. The maximum atomic E-state index is 11.1. The Bertz CT molecular complexity index is 1240. The lowest BCUT2D eigenvalue weighted by Gasteiger charge is -2.22. The summed E-state index contributed by atoms with van der Waals surface area (Å²) < 4.78 is 2.12. The molecule has 1 aromatic heterocycles. The van der Waals surface area contributed by atoms with Gasteiger partial charge in [-0.2, -0.15) is 5.10 Å². The molecular formula is C27H27ClN2O. The third-order valence-corrected chi connectivity index (χ3v) is 6.22. The first-order chi connectivity index (χ1) is 14.9. The van der Waals surface area contributed by atoms with Crippen LogP contribution >= 0.6 is 11.6 Å². The lowest BCUT2D eigenvalue weighted by Crippen LogP contribution is -2.14. The van der Waals surface area contributed by atoms with Gasteiger partial charge in [-0.05, 0) is 60.6 Å². The highest BCUT2D eigenvalue weighted by Gasteiger charge is 2.20. The maximum Gasteiger partial charge on any atom is 0.150 e. The Balaban J connectivity index is 1.82. The number of carbonyl (C=O) groups is 1. The number of fused-ring (bicyclic) bond motifs is 1. The standard InChI is InChI=1S/C27H27ClN2O/c1-17(2)13-27(21-8-6-20(16-31)7-9-21)30-26-12-11-22(19(4)24(26)15-29-30)23-10-5-18(3)14-25(23)28/h5-12,14-17,27H,13H2,1-4H3. The molecular weight excluding hydrogens is 404 g/mol. The summed E-state index contributed by atoms with van der Waals surface area (Å²) in [6.45, 7) is 8.63. The van der Waals surface area contributed by atoms with E-state index in [-0.39, 0.29) is 6.04 Å². The highest BCUT2D eigenvalue weighted by molar-refractivity contribution is 6.33. The number of carbonyl (C=O) groups excluding carboxylic acids is 1. The molecule has 0 aliphatic heterocycles. The van der Waals surface area contributed by atoms with Crippen molar-refractivity contribution in [3.8, 4) is 11.1 Å². The first kappa shape index (κ1) is 21.3. The van der Waals surface area contributed by atoms with Gasteiger partial charge in [0.25, 0.3) is 0 Å². The van der Waals surface area contributed by atoms with Crippen LogP contribution in [0.3, 0.4) is 0 Å². The molecule has 0 saturated heterocycles. The molecule has 4 aromatic rings. The number of aryl methyl sites for hydroxylation is 2. The number of benzene rings is 3. The van der Waals surface area contributed by atoms with E-state index < -0.39 is 0 Å². The Kier molecular flexibility index (Phi) is 5.97. The summed E-state index contributed by atoms with van der Waals surface area (Å²) >= 11 is 6.56. The third-order valence-electron chi connectivity index (χ3n) is 5.91. The Labute approximate surface area is 188 Å². The number of halogens is 1. The molecule has 1 unspecified atom stereocenters. The summed E-state index contributed by atoms with van der Waals surface area (Å²) in [6.07, 6.45) is 3.80. The van der Waals surface area contributed by atoms with Crippen LogP contribution in [0.5, 0.6) is 0 Å². The largest absolute Gasteiger partial charge is 0.298 e. The molecule has 0 radical (unpaired) electrons. The highest BCUT2D eigenvalue weighted by Crippen LogP contribution is 2.36. The van der Waals surface area contributed by atoms with Gasteiger partial charge < -0.3 is 0 Å². The molecule has 4 rings (SSSR count). The lowest BCUT2D eigenvalue weighted by molar-refractivity contribution is 0.112. The van der Waals surface area contributed by atoms with Crippen LogP contribution in [0.15, 0.2) is 60.8 Å². The van der Waals surface area contributed by atoms with E-state index in [1.807, 2.05) is 43.5 Å². The van der Waals surface area contributed by atoms with E-state index in [2.05, 4.69) is 49.7 Å². The zero-order valence-corrected chi connectivity index (χ0v) is 19.1. The van der Waals surface area contributed by atoms with Crippen LogP contribution in [0.25, 0.3) is 22.0 Å². The van der Waals surface area contributed by atoms with Gasteiger partial charge in [0.2, 0.25) is 0 Å². The van der Waals surface area contributed by atoms with E-state index in [0.717, 1.165) is 50.9 Å². The predicted octanol–water partition coefficient (Wildman–Crippen LogP) is 7.42. The summed E-state index contributed by atoms with van der Waals surface area (Å²) in [7, 11) is 0. The van der Waals surface area contributed by atoms with Gasteiger partial charge in [0.1, 0.15) is 6.29 Å². The Morgan fingerprint density at radius 1 is 1.00 bits per heavy atom. The van der Waals surface area contributed by atoms with Crippen molar-refractivity contribution in [3.05, 3.63) is 88.1 Å². The molecule has 158 valence electrons. The van der Waals surface area contributed by atoms with Gasteiger partial charge in [-0.1, -0.05) is 67.9 Å². The normalized spacial score (nSPS) is 12.5. The number of aldehydes is 1. The van der Waals surface area contributed by atoms with E-state index in [1.165, 1.54) is 5.56 Å². The highest BCUT2D eigenvalue weighted by atomic mass is 35.5. The quantitative estimate of drug-likeness (QED) is 0.298. The monoisotopic (exact) mass is 430 g/mol. The molecule has 0 fully saturated rings. The van der Waals surface area contributed by atoms with E-state index in [0.29, 0.717) is 11.5 Å². The zero-order valence-electron chi connectivity index (χ0n) is 18.4. The molecule has 0 aliphatic rings. The lowest BCUT2D eigenvalue weighted by atomic mass is 9.95. The first-order valence-corrected chi connectivity index (χ1v) is 11.0. The summed E-state index contributed by atoms with van der Waals surface area (Å²) in [4.78, 5) is 11.1. The second kappa shape index (κ2) is 8.68. The van der Waals surface area contributed by atoms with Crippen LogP contribution in [0.4, 0.5) is 0 Å². The van der Waals surface area contributed by atoms with Crippen LogP contribution in [0.2, 0.25) is 5.02 Å². The third kappa shape index (κ3) is 4.15. The van der Waals surface area contributed by atoms with Crippen molar-refractivity contribution < 1.29 is 4.79 Å². The molecule has 3 nitrogen and oxygen atoms in total. The molecule has 0 aliphatic carbocycles. The van der Waals surface area contributed by atoms with Crippen molar-refractivity contribution in [2.45, 2.75) is 40.2 Å². The summed E-state index contributed by atoms with van der Waals surface area (Å²) in [5.74, 6) is 0.502. The number of nitrogens with zero attached hydrogens (tertiary/aromatic N) is 2. The fourth-order valence-electron chi connectivity index (χ4n) is 4.26. The van der Waals surface area contributed by atoms with Gasteiger partial charge in [0.15, 0.2) is 0 Å². The van der Waals surface area contributed by atoms with Crippen molar-refractivity contribution in [1.29, 1.82) is 0 Å². The Hall–Kier alpha value is -2.91. The Morgan fingerprint density at radius 3 is 2.35 bits per heavy atom. The minimum absolute atomic E-state index is 0.103. The van der Waals surface area contributed by atoms with Crippen molar-refractivity contribution in [1.82, 2.24) is 9.78 Å². The Morgan fingerprint density at radius 2 is 1.71 bits per heavy atom. The van der Waals surface area contributed by atoms with Gasteiger partial charge in [-0.15, -0.1) is 0 Å². The minimum Gasteiger partial charge on any atom is -0.298 e. The van der Waals surface area contributed by atoms with Crippen molar-refractivity contribution >= 4 is 28.8 Å². The molecule has 0 spiro atoms. The van der Waals surface area contributed by atoms with Crippen LogP contribution in [-0.4, -0.2) is 16.1 Å². The van der Waals surface area contributed by atoms with Crippen LogP contribution in [0, 0.1) is 19.8 Å². The average molecular weight is 431 g/mol. The van der Waals surface area contributed by atoms with Gasteiger partial charge in [-0.25, -0.2) is 0 Å². The fourth-order valence-corrected chi connectivity index (χ4v) is 4.60. The topological polar surface area (TPSA) is 34.9 Å². The average Bonchev–Trinajstić information content (AvgIpc) is 3.18. The van der Waals surface area contributed by atoms with Crippen molar-refractivity contribution in [2.75, 3.05) is 0 Å². The molecule has 3 aromatic carbocycles. The van der Waals surface area contributed by atoms with Crippen molar-refractivity contribution in [2.24, 2.45) is 5.92 Å². The number of hydrogen-bond acceptors (Lipinski definition) is 2. The molecule has 1 atom stereocenters. The zero-order chi connectivity index (χ0) is 22.1. The van der Waals surface area contributed by atoms with Crippen LogP contribution in [0.1, 0.15) is 53.4 Å².